The number of carbonyl (C=O) groups excluding carboxylic acids is 1. The molecule has 3 aromatic rings. The second-order valence-corrected chi connectivity index (χ2v) is 5.61. The van der Waals surface area contributed by atoms with E-state index in [2.05, 4.69) is 0 Å². The van der Waals surface area contributed by atoms with Crippen LogP contribution in [0.1, 0.15) is 6.92 Å². The van der Waals surface area contributed by atoms with Gasteiger partial charge in [0.2, 0.25) is 11.2 Å². The average molecular weight is 344 g/mol. The van der Waals surface area contributed by atoms with Crippen molar-refractivity contribution in [2.24, 2.45) is 0 Å². The zero-order valence-electron chi connectivity index (χ0n) is 12.6. The monoisotopic (exact) mass is 343 g/mol. The van der Waals surface area contributed by atoms with Crippen LogP contribution < -0.4 is 15.3 Å². The fraction of sp³-hybridized carbons (Fsp3) is 0.111. The van der Waals surface area contributed by atoms with Gasteiger partial charge in [0.05, 0.1) is 11.4 Å². The van der Waals surface area contributed by atoms with Crippen LogP contribution in [0.4, 0.5) is 0 Å². The van der Waals surface area contributed by atoms with Crippen molar-refractivity contribution in [2.45, 2.75) is 13.0 Å². The van der Waals surface area contributed by atoms with Crippen molar-refractivity contribution in [3.8, 4) is 17.1 Å². The second-order valence-electron chi connectivity index (χ2n) is 5.18. The van der Waals surface area contributed by atoms with Crippen LogP contribution in [0.5, 0.6) is 5.75 Å². The number of fused-ring (bicyclic) bond motifs is 1. The smallest absolute Gasteiger partial charge is 0.235 e. The topological polar surface area (TPSA) is 79.6 Å². The fourth-order valence-electron chi connectivity index (χ4n) is 2.26. The Balaban J connectivity index is 2.30. The predicted octanol–water partition coefficient (Wildman–Crippen LogP) is 2.63. The lowest BCUT2D eigenvalue weighted by atomic mass is 10.1. The van der Waals surface area contributed by atoms with E-state index >= 15 is 0 Å². The van der Waals surface area contributed by atoms with Gasteiger partial charge >= 0.3 is 0 Å². The maximum atomic E-state index is 12.8. The molecule has 0 radical (unpaired) electrons. The van der Waals surface area contributed by atoms with Crippen LogP contribution in [-0.4, -0.2) is 12.1 Å². The molecule has 0 bridgehead atoms. The summed E-state index contributed by atoms with van der Waals surface area (Å²) in [6.45, 7) is 1.28. The number of ether oxygens (including phenoxy) is 1. The Bertz CT molecular complexity index is 962. The van der Waals surface area contributed by atoms with Gasteiger partial charge < -0.3 is 19.1 Å². The molecule has 0 spiro atoms. The Morgan fingerprint density at radius 1 is 1.21 bits per heavy atom. The first-order valence-corrected chi connectivity index (χ1v) is 7.54. The van der Waals surface area contributed by atoms with Gasteiger partial charge in [-0.15, -0.1) is 0 Å². The van der Waals surface area contributed by atoms with Crippen molar-refractivity contribution in [3.05, 3.63) is 63.8 Å². The summed E-state index contributed by atoms with van der Waals surface area (Å²) in [5.41, 5.74) is 0.425. The molecule has 6 heteroatoms. The van der Waals surface area contributed by atoms with E-state index in [9.17, 15) is 14.7 Å². The predicted molar refractivity (Wildman–Crippen MR) is 88.0 cm³/mol. The first-order valence-electron chi connectivity index (χ1n) is 7.16. The maximum absolute atomic E-state index is 12.8. The summed E-state index contributed by atoms with van der Waals surface area (Å²) in [4.78, 5) is 23.8. The molecule has 0 fully saturated rings. The molecule has 3 rings (SSSR count). The van der Waals surface area contributed by atoms with Crippen molar-refractivity contribution < 1.29 is 19.1 Å². The lowest BCUT2D eigenvalue weighted by Crippen LogP contribution is -2.38. The highest BCUT2D eigenvalue weighted by atomic mass is 35.5. The zero-order valence-corrected chi connectivity index (χ0v) is 13.4. The lowest BCUT2D eigenvalue weighted by Gasteiger charge is -2.17. The third-order valence-corrected chi connectivity index (χ3v) is 3.71. The van der Waals surface area contributed by atoms with Gasteiger partial charge in [-0.1, -0.05) is 41.9 Å². The van der Waals surface area contributed by atoms with Gasteiger partial charge in [0.1, 0.15) is 11.7 Å². The summed E-state index contributed by atoms with van der Waals surface area (Å²) in [6.07, 6.45) is -1.31. The number of carboxylic acids is 1. The Hall–Kier alpha value is -2.79. The minimum atomic E-state index is -1.43. The van der Waals surface area contributed by atoms with Crippen molar-refractivity contribution in [3.63, 3.8) is 0 Å². The highest BCUT2D eigenvalue weighted by molar-refractivity contribution is 6.31. The van der Waals surface area contributed by atoms with Gasteiger partial charge in [0, 0.05) is 10.6 Å². The van der Waals surface area contributed by atoms with Gasteiger partial charge in [0.15, 0.2) is 5.76 Å². The van der Waals surface area contributed by atoms with E-state index in [1.165, 1.54) is 13.0 Å². The number of hydrogen-bond acceptors (Lipinski definition) is 5. The molecule has 0 aliphatic rings. The van der Waals surface area contributed by atoms with Gasteiger partial charge in [0.25, 0.3) is 0 Å². The Kier molecular flexibility index (Phi) is 4.27. The van der Waals surface area contributed by atoms with Crippen molar-refractivity contribution in [1.29, 1.82) is 0 Å². The summed E-state index contributed by atoms with van der Waals surface area (Å²) in [6, 6.07) is 13.5. The molecule has 0 saturated carbocycles. The van der Waals surface area contributed by atoms with Crippen molar-refractivity contribution in [1.82, 2.24) is 0 Å². The third-order valence-electron chi connectivity index (χ3n) is 3.47. The van der Waals surface area contributed by atoms with Crippen LogP contribution in [0, 0.1) is 0 Å². The second kappa shape index (κ2) is 6.37. The zero-order chi connectivity index (χ0) is 17.3. The highest BCUT2D eigenvalue weighted by Crippen LogP contribution is 2.32. The van der Waals surface area contributed by atoms with E-state index in [1.807, 2.05) is 6.07 Å². The van der Waals surface area contributed by atoms with Crippen LogP contribution in [0.15, 0.2) is 57.7 Å². The van der Waals surface area contributed by atoms with Crippen LogP contribution in [-0.2, 0) is 4.79 Å². The number of hydrogen-bond donors (Lipinski definition) is 0. The summed E-state index contributed by atoms with van der Waals surface area (Å²) in [5, 5.41) is 11.6. The lowest BCUT2D eigenvalue weighted by molar-refractivity contribution is -0.312. The van der Waals surface area contributed by atoms with E-state index in [-0.39, 0.29) is 16.9 Å². The quantitative estimate of drug-likeness (QED) is 0.727. The molecule has 0 saturated heterocycles. The molecule has 122 valence electrons. The number of carboxylic acid groups (broad SMARTS) is 1. The number of carbonyl (C=O) groups is 1. The summed E-state index contributed by atoms with van der Waals surface area (Å²) < 4.78 is 11.1. The standard InChI is InChI=1S/C18H13ClO5/c1-10(18(21)22)23-17-15(20)13-9-12(19)7-8-14(13)24-16(17)11-5-3-2-4-6-11/h2-10H,1H3,(H,21,22)/p-1/t10-/m1/s1. The first kappa shape index (κ1) is 16.1. The Labute approximate surface area is 142 Å². The molecule has 0 unspecified atom stereocenters. The van der Waals surface area contributed by atoms with Crippen molar-refractivity contribution >= 4 is 28.5 Å². The Morgan fingerprint density at radius 2 is 1.92 bits per heavy atom. The molecule has 1 atom stereocenters. The summed E-state index contributed by atoms with van der Waals surface area (Å²) in [7, 11) is 0. The summed E-state index contributed by atoms with van der Waals surface area (Å²) >= 11 is 5.93. The average Bonchev–Trinajstić information content (AvgIpc) is 2.58. The number of aliphatic carboxylic acids is 1. The molecule has 24 heavy (non-hydrogen) atoms. The van der Waals surface area contributed by atoms with Crippen LogP contribution in [0.25, 0.3) is 22.3 Å². The van der Waals surface area contributed by atoms with Crippen LogP contribution in [0.3, 0.4) is 0 Å². The number of benzene rings is 2. The maximum Gasteiger partial charge on any atom is 0.235 e. The van der Waals surface area contributed by atoms with Gasteiger partial charge in [-0.25, -0.2) is 0 Å². The third kappa shape index (κ3) is 2.98. The highest BCUT2D eigenvalue weighted by Gasteiger charge is 2.20. The largest absolute Gasteiger partial charge is 0.546 e. The normalized spacial score (nSPS) is 12.1. The molecular weight excluding hydrogens is 332 g/mol. The minimum Gasteiger partial charge on any atom is -0.546 e. The number of rotatable bonds is 4. The molecule has 0 amide bonds. The van der Waals surface area contributed by atoms with Crippen LogP contribution >= 0.6 is 11.6 Å². The first-order chi connectivity index (χ1) is 11.5. The van der Waals surface area contributed by atoms with E-state index < -0.39 is 17.5 Å². The minimum absolute atomic E-state index is 0.156. The molecule has 2 aromatic carbocycles. The molecular formula is C18H12ClO5-. The van der Waals surface area contributed by atoms with E-state index in [1.54, 1.807) is 36.4 Å². The molecule has 0 N–H and O–H groups in total. The van der Waals surface area contributed by atoms with Gasteiger partial charge in [-0.3, -0.25) is 4.79 Å². The summed E-state index contributed by atoms with van der Waals surface area (Å²) in [5.74, 6) is -1.46. The molecule has 0 aliphatic carbocycles. The van der Waals surface area contributed by atoms with E-state index in [0.29, 0.717) is 16.2 Å². The Morgan fingerprint density at radius 3 is 2.58 bits per heavy atom. The van der Waals surface area contributed by atoms with E-state index in [0.717, 1.165) is 0 Å². The fourth-order valence-corrected chi connectivity index (χ4v) is 2.43. The van der Waals surface area contributed by atoms with Gasteiger partial charge in [-0.05, 0) is 25.1 Å². The molecule has 1 aromatic heterocycles. The van der Waals surface area contributed by atoms with Gasteiger partial charge in [-0.2, -0.15) is 0 Å². The van der Waals surface area contributed by atoms with Crippen molar-refractivity contribution in [2.75, 3.05) is 0 Å². The molecule has 1 heterocycles. The van der Waals surface area contributed by atoms with E-state index in [4.69, 9.17) is 20.8 Å². The SMILES string of the molecule is C[C@@H](Oc1c(-c2ccccc2)oc2ccc(Cl)cc2c1=O)C(=O)[O-]. The van der Waals surface area contributed by atoms with Crippen LogP contribution in [0.2, 0.25) is 5.02 Å². The number of halogens is 1. The molecule has 5 nitrogen and oxygen atoms in total. The molecule has 0 aliphatic heterocycles.